The Balaban J connectivity index is 2.05. The van der Waals surface area contributed by atoms with E-state index in [1.807, 2.05) is 46.8 Å². The van der Waals surface area contributed by atoms with Gasteiger partial charge in [-0.15, -0.1) is 0 Å². The van der Waals surface area contributed by atoms with Crippen molar-refractivity contribution in [1.29, 1.82) is 0 Å². The van der Waals surface area contributed by atoms with Gasteiger partial charge in [-0.3, -0.25) is 4.79 Å². The first-order valence-electron chi connectivity index (χ1n) is 17.2. The molecule has 0 spiro atoms. The molecule has 0 aliphatic carbocycles. The molecule has 3 rings (SSSR count). The Morgan fingerprint density at radius 1 is 0.978 bits per heavy atom. The summed E-state index contributed by atoms with van der Waals surface area (Å²) in [5.74, 6) is -1.78. The molecule has 0 amide bonds. The summed E-state index contributed by atoms with van der Waals surface area (Å²) in [7, 11) is 7.42. The van der Waals surface area contributed by atoms with E-state index in [0.29, 0.717) is 19.4 Å². The maximum atomic E-state index is 13.5. The summed E-state index contributed by atoms with van der Waals surface area (Å²) in [5.41, 5.74) is -2.36. The van der Waals surface area contributed by atoms with E-state index >= 15 is 0 Å². The predicted octanol–water partition coefficient (Wildman–Crippen LogP) is 2.54. The zero-order valence-electron chi connectivity index (χ0n) is 30.2. The molecule has 3 saturated heterocycles. The van der Waals surface area contributed by atoms with E-state index in [1.54, 1.807) is 27.9 Å². The van der Waals surface area contributed by atoms with E-state index in [2.05, 4.69) is 11.8 Å². The topological polar surface area (TPSA) is 140 Å². The van der Waals surface area contributed by atoms with Gasteiger partial charge in [0.05, 0.1) is 48.1 Å². The minimum atomic E-state index is -1.42. The van der Waals surface area contributed by atoms with Crippen LogP contribution in [-0.2, 0) is 33.2 Å². The third-order valence-electron chi connectivity index (χ3n) is 10.7. The lowest BCUT2D eigenvalue weighted by Crippen LogP contribution is -2.60. The fourth-order valence-electron chi connectivity index (χ4n) is 7.44. The molecule has 0 aromatic heterocycles. The Hall–Kier alpha value is -0.930. The van der Waals surface area contributed by atoms with E-state index < -0.39 is 72.1 Å². The van der Waals surface area contributed by atoms with Gasteiger partial charge in [-0.1, -0.05) is 6.92 Å². The number of carbonyl (C=O) groups is 1. The molecule has 270 valence electrons. The highest BCUT2D eigenvalue weighted by molar-refractivity contribution is 5.72. The van der Waals surface area contributed by atoms with Gasteiger partial charge in [0.2, 0.25) is 0 Å². The SMILES string of the molecule is CO[C@]1(C)C[C@H](O[C@H]2[C@H](C)[C@@H](O[C@@H]3O[C@H](C)C[C@H](N(C)C)[C@H]3O)[C@@](C)(O)C[C@@H](C)N(C)CCCCCOC(=O)[C@@H]2C)O[C@@H](C)[C@@H]1O. The van der Waals surface area contributed by atoms with Crippen molar-refractivity contribution < 1.29 is 48.5 Å². The average Bonchev–Trinajstić information content (AvgIpc) is 2.98. The Bertz CT molecular complexity index is 955. The molecule has 46 heavy (non-hydrogen) atoms. The summed E-state index contributed by atoms with van der Waals surface area (Å²) in [6.07, 6.45) is -2.43. The average molecular weight is 661 g/mol. The number of esters is 1. The smallest absolute Gasteiger partial charge is 0.311 e. The number of rotatable bonds is 6. The van der Waals surface area contributed by atoms with Crippen molar-refractivity contribution in [2.24, 2.45) is 11.8 Å². The first kappa shape index (κ1) is 39.5. The van der Waals surface area contributed by atoms with Crippen LogP contribution in [0.4, 0.5) is 0 Å². The van der Waals surface area contributed by atoms with Crippen molar-refractivity contribution in [1.82, 2.24) is 9.80 Å². The van der Waals surface area contributed by atoms with Crippen molar-refractivity contribution >= 4 is 5.97 Å². The summed E-state index contributed by atoms with van der Waals surface area (Å²) < 4.78 is 37.1. The maximum Gasteiger partial charge on any atom is 0.311 e. The van der Waals surface area contributed by atoms with Crippen LogP contribution in [0.5, 0.6) is 0 Å². The van der Waals surface area contributed by atoms with E-state index in [9.17, 15) is 20.1 Å². The van der Waals surface area contributed by atoms with Crippen molar-refractivity contribution in [3.05, 3.63) is 0 Å². The quantitative estimate of drug-likeness (QED) is 0.361. The maximum absolute atomic E-state index is 13.5. The van der Waals surface area contributed by atoms with Gasteiger partial charge >= 0.3 is 5.97 Å². The van der Waals surface area contributed by atoms with E-state index in [0.717, 1.165) is 25.8 Å². The second kappa shape index (κ2) is 16.7. The normalized spacial score (nSPS) is 46.4. The Morgan fingerprint density at radius 2 is 1.65 bits per heavy atom. The molecular weight excluding hydrogens is 596 g/mol. The molecule has 0 aromatic rings. The third kappa shape index (κ3) is 9.61. The van der Waals surface area contributed by atoms with Gasteiger partial charge in [0.1, 0.15) is 12.2 Å². The summed E-state index contributed by atoms with van der Waals surface area (Å²) >= 11 is 0. The summed E-state index contributed by atoms with van der Waals surface area (Å²) in [5, 5.41) is 34.6. The lowest BCUT2D eigenvalue weighted by Gasteiger charge is -2.49. The van der Waals surface area contributed by atoms with Crippen LogP contribution < -0.4 is 0 Å². The second-order valence-electron chi connectivity index (χ2n) is 14.9. The standard InChI is InChI=1S/C34H64N2O10/c1-20-18-33(6,40)30(46-32-27(37)25(35(8)9)17-21(2)43-32)22(3)28(23(4)31(39)42-16-14-12-13-15-36(20)10)45-26-19-34(7,41-11)29(38)24(5)44-26/h20-30,32,37-38,40H,12-19H2,1-11H3/t20-,21-,22+,23-,24+,25+,26+,27-,28+,29+,30-,32+,33+,34-/m1/s1. The highest BCUT2D eigenvalue weighted by Crippen LogP contribution is 2.39. The predicted molar refractivity (Wildman–Crippen MR) is 173 cm³/mol. The van der Waals surface area contributed by atoms with Crippen LogP contribution in [0.1, 0.15) is 87.0 Å². The van der Waals surface area contributed by atoms with Crippen LogP contribution in [0, 0.1) is 11.8 Å². The summed E-state index contributed by atoms with van der Waals surface area (Å²) in [6.45, 7) is 14.1. The number of carbonyl (C=O) groups excluding carboxylic acids is 1. The molecule has 3 aliphatic rings. The van der Waals surface area contributed by atoms with Gasteiger partial charge in [0.25, 0.3) is 0 Å². The molecule has 3 fully saturated rings. The number of aliphatic hydroxyl groups excluding tert-OH is 2. The molecule has 0 unspecified atom stereocenters. The van der Waals surface area contributed by atoms with E-state index in [1.165, 1.54) is 0 Å². The molecule has 3 heterocycles. The molecule has 0 bridgehead atoms. The number of hydrogen-bond donors (Lipinski definition) is 3. The van der Waals surface area contributed by atoms with Crippen molar-refractivity contribution in [3.8, 4) is 0 Å². The molecule has 0 saturated carbocycles. The number of hydrogen-bond acceptors (Lipinski definition) is 12. The number of nitrogens with zero attached hydrogens (tertiary/aromatic N) is 2. The zero-order valence-corrected chi connectivity index (χ0v) is 30.2. The lowest BCUT2D eigenvalue weighted by atomic mass is 9.78. The third-order valence-corrected chi connectivity index (χ3v) is 10.7. The fraction of sp³-hybridized carbons (Fsp3) is 0.971. The molecule has 3 N–H and O–H groups in total. The van der Waals surface area contributed by atoms with Gasteiger partial charge in [-0.2, -0.15) is 0 Å². The lowest BCUT2D eigenvalue weighted by molar-refractivity contribution is -0.317. The minimum Gasteiger partial charge on any atom is -0.465 e. The molecule has 12 nitrogen and oxygen atoms in total. The largest absolute Gasteiger partial charge is 0.465 e. The number of cyclic esters (lactones) is 1. The number of methoxy groups -OCH3 is 1. The monoisotopic (exact) mass is 660 g/mol. The van der Waals surface area contributed by atoms with Crippen LogP contribution >= 0.6 is 0 Å². The Kier molecular flexibility index (Phi) is 14.3. The number of aliphatic hydroxyl groups is 3. The van der Waals surface area contributed by atoms with Gasteiger partial charge in [0, 0.05) is 31.5 Å². The molecule has 12 heteroatoms. The summed E-state index contributed by atoms with van der Waals surface area (Å²) in [6, 6.07) is -0.206. The summed E-state index contributed by atoms with van der Waals surface area (Å²) in [4.78, 5) is 17.7. The molecule has 0 radical (unpaired) electrons. The number of ether oxygens (including phenoxy) is 6. The molecule has 14 atom stereocenters. The van der Waals surface area contributed by atoms with Crippen LogP contribution in [-0.4, -0.2) is 145 Å². The highest BCUT2D eigenvalue weighted by Gasteiger charge is 2.51. The first-order chi connectivity index (χ1) is 21.4. The van der Waals surface area contributed by atoms with E-state index in [4.69, 9.17) is 28.4 Å². The molecular formula is C34H64N2O10. The minimum absolute atomic E-state index is 0.00479. The van der Waals surface area contributed by atoms with Crippen molar-refractivity contribution in [3.63, 3.8) is 0 Å². The van der Waals surface area contributed by atoms with E-state index in [-0.39, 0.29) is 24.6 Å². The fourth-order valence-corrected chi connectivity index (χ4v) is 7.44. The zero-order chi connectivity index (χ0) is 34.6. The van der Waals surface area contributed by atoms with Crippen molar-refractivity contribution in [2.45, 2.75) is 159 Å². The molecule has 3 aliphatic heterocycles. The van der Waals surface area contributed by atoms with Crippen LogP contribution in [0.25, 0.3) is 0 Å². The Morgan fingerprint density at radius 3 is 2.28 bits per heavy atom. The first-order valence-corrected chi connectivity index (χ1v) is 17.2. The second-order valence-corrected chi connectivity index (χ2v) is 14.9. The van der Waals surface area contributed by atoms with Crippen LogP contribution in [0.15, 0.2) is 0 Å². The van der Waals surface area contributed by atoms with Crippen LogP contribution in [0.2, 0.25) is 0 Å². The number of likely N-dealkylation sites (N-methyl/N-ethyl adjacent to an activating group) is 1. The molecule has 0 aromatic carbocycles. The van der Waals surface area contributed by atoms with Crippen molar-refractivity contribution in [2.75, 3.05) is 41.4 Å². The van der Waals surface area contributed by atoms with Crippen LogP contribution in [0.3, 0.4) is 0 Å². The Labute approximate surface area is 277 Å². The van der Waals surface area contributed by atoms with Gasteiger partial charge in [-0.25, -0.2) is 0 Å². The van der Waals surface area contributed by atoms with Gasteiger partial charge in [-0.05, 0) is 101 Å². The van der Waals surface area contributed by atoms with Gasteiger partial charge in [0.15, 0.2) is 12.6 Å². The highest BCUT2D eigenvalue weighted by atomic mass is 16.7. The van der Waals surface area contributed by atoms with Gasteiger partial charge < -0.3 is 53.5 Å².